The highest BCUT2D eigenvalue weighted by Crippen LogP contribution is 2.22. The number of rotatable bonds is 3. The van der Waals surface area contributed by atoms with Crippen LogP contribution in [0.5, 0.6) is 5.75 Å². The Labute approximate surface area is 117 Å². The fraction of sp³-hybridized carbons (Fsp3) is 0.0769. The molecule has 4 nitrogen and oxygen atoms in total. The molecule has 0 saturated carbocycles. The van der Waals surface area contributed by atoms with Gasteiger partial charge in [-0.1, -0.05) is 0 Å². The molecular weight excluding hydrogens is 315 g/mol. The zero-order chi connectivity index (χ0) is 13.8. The van der Waals surface area contributed by atoms with Gasteiger partial charge in [-0.25, -0.2) is 4.39 Å². The molecule has 1 aromatic carbocycles. The molecule has 1 heterocycles. The average molecular weight is 325 g/mol. The lowest BCUT2D eigenvalue weighted by atomic mass is 10.2. The molecule has 19 heavy (non-hydrogen) atoms. The summed E-state index contributed by atoms with van der Waals surface area (Å²) in [4.78, 5) is 15.8. The van der Waals surface area contributed by atoms with E-state index < -0.39 is 5.82 Å². The maximum Gasteiger partial charge on any atom is 0.257 e. The first-order chi connectivity index (χ1) is 9.10. The van der Waals surface area contributed by atoms with Crippen molar-refractivity contribution in [1.29, 1.82) is 0 Å². The fourth-order valence-corrected chi connectivity index (χ4v) is 1.84. The van der Waals surface area contributed by atoms with Crippen LogP contribution in [0.15, 0.2) is 41.1 Å². The lowest BCUT2D eigenvalue weighted by Crippen LogP contribution is -2.12. The fourth-order valence-electron chi connectivity index (χ4n) is 1.48. The maximum absolute atomic E-state index is 13.2. The molecule has 0 radical (unpaired) electrons. The largest absolute Gasteiger partial charge is 0.494 e. The van der Waals surface area contributed by atoms with Gasteiger partial charge in [0.1, 0.15) is 0 Å². The molecule has 1 amide bonds. The number of amides is 1. The van der Waals surface area contributed by atoms with E-state index >= 15 is 0 Å². The highest BCUT2D eigenvalue weighted by atomic mass is 79.9. The number of pyridine rings is 1. The molecule has 0 fully saturated rings. The summed E-state index contributed by atoms with van der Waals surface area (Å²) >= 11 is 3.24. The predicted molar refractivity (Wildman–Crippen MR) is 72.8 cm³/mol. The van der Waals surface area contributed by atoms with E-state index in [-0.39, 0.29) is 11.7 Å². The molecule has 2 aromatic rings. The van der Waals surface area contributed by atoms with Gasteiger partial charge in [0.25, 0.3) is 5.91 Å². The van der Waals surface area contributed by atoms with Crippen molar-refractivity contribution in [2.75, 3.05) is 12.4 Å². The lowest BCUT2D eigenvalue weighted by Gasteiger charge is -2.07. The van der Waals surface area contributed by atoms with Crippen LogP contribution in [0.25, 0.3) is 0 Å². The predicted octanol–water partition coefficient (Wildman–Crippen LogP) is 3.24. The summed E-state index contributed by atoms with van der Waals surface area (Å²) in [5.74, 6) is -0.739. The van der Waals surface area contributed by atoms with Crippen molar-refractivity contribution in [2.24, 2.45) is 0 Å². The van der Waals surface area contributed by atoms with E-state index in [0.717, 1.165) is 0 Å². The number of carbonyl (C=O) groups excluding carboxylic acids is 1. The SMILES string of the molecule is COc1cc(NC(=O)c2cncc(Br)c2)ccc1F. The molecule has 6 heteroatoms. The Morgan fingerprint density at radius 1 is 1.37 bits per heavy atom. The quantitative estimate of drug-likeness (QED) is 0.942. The van der Waals surface area contributed by atoms with Crippen LogP contribution in [0.1, 0.15) is 10.4 Å². The normalized spacial score (nSPS) is 10.1. The van der Waals surface area contributed by atoms with E-state index in [0.29, 0.717) is 15.7 Å². The van der Waals surface area contributed by atoms with E-state index in [2.05, 4.69) is 26.2 Å². The van der Waals surface area contributed by atoms with Gasteiger partial charge in [-0.15, -0.1) is 0 Å². The topological polar surface area (TPSA) is 51.2 Å². The van der Waals surface area contributed by atoms with Gasteiger partial charge in [0, 0.05) is 28.6 Å². The number of hydrogen-bond donors (Lipinski definition) is 1. The van der Waals surface area contributed by atoms with Crippen molar-refractivity contribution in [3.63, 3.8) is 0 Å². The first-order valence-corrected chi connectivity index (χ1v) is 6.15. The van der Waals surface area contributed by atoms with Gasteiger partial charge < -0.3 is 10.1 Å². The number of anilines is 1. The summed E-state index contributed by atoms with van der Waals surface area (Å²) in [6.07, 6.45) is 3.03. The second kappa shape index (κ2) is 5.79. The average Bonchev–Trinajstić information content (AvgIpc) is 2.41. The number of aromatic nitrogens is 1. The van der Waals surface area contributed by atoms with E-state index in [1.165, 1.54) is 31.5 Å². The van der Waals surface area contributed by atoms with Gasteiger partial charge in [0.2, 0.25) is 0 Å². The summed E-state index contributed by atoms with van der Waals surface area (Å²) in [5.41, 5.74) is 0.848. The molecule has 2 rings (SSSR count). The van der Waals surface area contributed by atoms with Gasteiger partial charge in [0.15, 0.2) is 11.6 Å². The molecular formula is C13H10BrFN2O2. The number of hydrogen-bond acceptors (Lipinski definition) is 3. The van der Waals surface area contributed by atoms with Crippen LogP contribution in [0, 0.1) is 5.82 Å². The van der Waals surface area contributed by atoms with E-state index in [1.807, 2.05) is 0 Å². The number of nitrogens with one attached hydrogen (secondary N) is 1. The van der Waals surface area contributed by atoms with Crippen molar-refractivity contribution < 1.29 is 13.9 Å². The van der Waals surface area contributed by atoms with Crippen LogP contribution in [0.3, 0.4) is 0 Å². The summed E-state index contributed by atoms with van der Waals surface area (Å²) in [7, 11) is 1.36. The number of halogens is 2. The van der Waals surface area contributed by atoms with Crippen LogP contribution in [0.2, 0.25) is 0 Å². The summed E-state index contributed by atoms with van der Waals surface area (Å²) in [6, 6.07) is 5.75. The molecule has 0 unspecified atom stereocenters. The maximum atomic E-state index is 13.2. The number of nitrogens with zero attached hydrogens (tertiary/aromatic N) is 1. The zero-order valence-corrected chi connectivity index (χ0v) is 11.6. The molecule has 0 aliphatic carbocycles. The van der Waals surface area contributed by atoms with Gasteiger partial charge in [-0.3, -0.25) is 9.78 Å². The Kier molecular flexibility index (Phi) is 4.11. The van der Waals surface area contributed by atoms with Crippen molar-refractivity contribution in [1.82, 2.24) is 4.98 Å². The van der Waals surface area contributed by atoms with Gasteiger partial charge in [0.05, 0.1) is 12.7 Å². The Morgan fingerprint density at radius 3 is 2.84 bits per heavy atom. The lowest BCUT2D eigenvalue weighted by molar-refractivity contribution is 0.102. The molecule has 0 spiro atoms. The highest BCUT2D eigenvalue weighted by Gasteiger charge is 2.09. The van der Waals surface area contributed by atoms with Crippen molar-refractivity contribution >= 4 is 27.5 Å². The van der Waals surface area contributed by atoms with E-state index in [4.69, 9.17) is 4.74 Å². The first-order valence-electron chi connectivity index (χ1n) is 5.35. The second-order valence-corrected chi connectivity index (χ2v) is 4.61. The van der Waals surface area contributed by atoms with Crippen LogP contribution in [-0.4, -0.2) is 18.0 Å². The van der Waals surface area contributed by atoms with E-state index in [1.54, 1.807) is 12.3 Å². The summed E-state index contributed by atoms with van der Waals surface area (Å²) in [6.45, 7) is 0. The molecule has 1 N–H and O–H groups in total. The standard InChI is InChI=1S/C13H10BrFN2O2/c1-19-12-5-10(2-3-11(12)15)17-13(18)8-4-9(14)7-16-6-8/h2-7H,1H3,(H,17,18). The van der Waals surface area contributed by atoms with E-state index in [9.17, 15) is 9.18 Å². The molecule has 0 bridgehead atoms. The molecule has 0 saturated heterocycles. The van der Waals surface area contributed by atoms with Crippen molar-refractivity contribution in [2.45, 2.75) is 0 Å². The first kappa shape index (κ1) is 13.5. The molecule has 1 aromatic heterocycles. The Hall–Kier alpha value is -1.95. The third kappa shape index (κ3) is 3.29. The minimum atomic E-state index is -0.482. The zero-order valence-electron chi connectivity index (χ0n) is 9.98. The minimum absolute atomic E-state index is 0.0742. The molecule has 98 valence electrons. The Balaban J connectivity index is 2.19. The van der Waals surface area contributed by atoms with Crippen LogP contribution >= 0.6 is 15.9 Å². The molecule has 0 aliphatic heterocycles. The monoisotopic (exact) mass is 324 g/mol. The number of ether oxygens (including phenoxy) is 1. The number of benzene rings is 1. The summed E-state index contributed by atoms with van der Waals surface area (Å²) < 4.78 is 18.8. The smallest absolute Gasteiger partial charge is 0.257 e. The van der Waals surface area contributed by atoms with Gasteiger partial charge in [-0.2, -0.15) is 0 Å². The number of methoxy groups -OCH3 is 1. The van der Waals surface area contributed by atoms with Crippen LogP contribution in [0.4, 0.5) is 10.1 Å². The molecule has 0 aliphatic rings. The number of carbonyl (C=O) groups is 1. The third-order valence-electron chi connectivity index (χ3n) is 2.38. The Bertz CT molecular complexity index is 619. The molecule has 0 atom stereocenters. The van der Waals surface area contributed by atoms with Gasteiger partial charge >= 0.3 is 0 Å². The minimum Gasteiger partial charge on any atom is -0.494 e. The summed E-state index contributed by atoms with van der Waals surface area (Å²) in [5, 5.41) is 2.64. The van der Waals surface area contributed by atoms with Crippen LogP contribution in [-0.2, 0) is 0 Å². The second-order valence-electron chi connectivity index (χ2n) is 3.70. The highest BCUT2D eigenvalue weighted by molar-refractivity contribution is 9.10. The van der Waals surface area contributed by atoms with Crippen molar-refractivity contribution in [3.05, 3.63) is 52.5 Å². The van der Waals surface area contributed by atoms with Gasteiger partial charge in [-0.05, 0) is 34.1 Å². The Morgan fingerprint density at radius 2 is 2.16 bits per heavy atom. The van der Waals surface area contributed by atoms with Crippen molar-refractivity contribution in [3.8, 4) is 5.75 Å². The van der Waals surface area contributed by atoms with Crippen LogP contribution < -0.4 is 10.1 Å². The third-order valence-corrected chi connectivity index (χ3v) is 2.81.